The number of aliphatic hydroxyl groups is 4. The molecule has 13 heteroatoms. The zero-order valence-corrected chi connectivity index (χ0v) is 34.4. The van der Waals surface area contributed by atoms with E-state index in [-0.39, 0.29) is 36.9 Å². The minimum Gasteiger partial charge on any atom is -0.483 e. The Hall–Kier alpha value is -2.52. The Balaban J connectivity index is 1.74. The van der Waals surface area contributed by atoms with E-state index in [9.17, 15) is 30.0 Å². The van der Waals surface area contributed by atoms with Crippen LogP contribution in [0.15, 0.2) is 30.3 Å². The van der Waals surface area contributed by atoms with Crippen LogP contribution < -0.4 is 4.74 Å². The van der Waals surface area contributed by atoms with Gasteiger partial charge in [0, 0.05) is 38.6 Å². The second-order valence-corrected chi connectivity index (χ2v) is 17.1. The molecule has 2 heterocycles. The third-order valence-corrected chi connectivity index (χ3v) is 12.5. The number of cyclic esters (lactones) is 1. The van der Waals surface area contributed by atoms with Crippen LogP contribution in [0.5, 0.6) is 5.75 Å². The summed E-state index contributed by atoms with van der Waals surface area (Å²) in [4.78, 5) is 33.0. The first kappa shape index (κ1) is 44.2. The summed E-state index contributed by atoms with van der Waals surface area (Å²) in [5, 5.41) is 47.2. The minimum absolute atomic E-state index is 0.127. The van der Waals surface area contributed by atoms with E-state index in [1.165, 1.54) is 6.92 Å². The Morgan fingerprint density at radius 2 is 1.65 bits per heavy atom. The number of hydrogen-bond donors (Lipinski definition) is 4. The maximum absolute atomic E-state index is 13.9. The van der Waals surface area contributed by atoms with E-state index in [2.05, 4.69) is 0 Å². The van der Waals surface area contributed by atoms with Crippen molar-refractivity contribution in [2.45, 2.75) is 166 Å². The smallest absolute Gasteiger partial charge is 0.320 e. The summed E-state index contributed by atoms with van der Waals surface area (Å²) in [6.07, 6.45) is -3.11. The van der Waals surface area contributed by atoms with Gasteiger partial charge in [0.1, 0.15) is 23.6 Å². The van der Waals surface area contributed by atoms with Gasteiger partial charge in [-0.05, 0) is 98.2 Å². The standard InChI is InChI=1S/C41H69N3O10/c1-12-32-41(8,50)35(46)28(6)42(9)23-24(2)22-40(7,49)36(26(4)33(45)27(5)37(47)53-32)54-38-34(52-30-19-14-13-15-20-30)31(21-25(3)51-38)44(11)39(48)43(10)29-17-16-18-29/h13-15,19-20,24-29,31-36,38,45-46,49-50H,12,16-18,21-23H2,1-11H3/t24-,25-,26+,27-,28-,31+,32-,33+,34-,35-,36-,38+,40-,41-/m1/s1. The van der Waals surface area contributed by atoms with Gasteiger partial charge in [-0.1, -0.05) is 39.0 Å². The molecular formula is C41H69N3O10. The topological polar surface area (TPSA) is 162 Å². The van der Waals surface area contributed by atoms with Crippen LogP contribution in [0.2, 0.25) is 0 Å². The molecule has 0 radical (unpaired) electrons. The highest BCUT2D eigenvalue weighted by Gasteiger charge is 2.51. The molecule has 0 spiro atoms. The Kier molecular flexibility index (Phi) is 14.9. The van der Waals surface area contributed by atoms with E-state index in [4.69, 9.17) is 18.9 Å². The summed E-state index contributed by atoms with van der Waals surface area (Å²) in [5.41, 5.74) is -3.36. The second-order valence-electron chi connectivity index (χ2n) is 17.1. The number of carbonyl (C=O) groups excluding carboxylic acids is 2. The van der Waals surface area contributed by atoms with Crippen molar-refractivity contribution in [3.63, 3.8) is 0 Å². The largest absolute Gasteiger partial charge is 0.483 e. The van der Waals surface area contributed by atoms with Crippen molar-refractivity contribution in [1.82, 2.24) is 14.7 Å². The average Bonchev–Trinajstić information content (AvgIpc) is 3.09. The number of esters is 1. The molecule has 1 aromatic carbocycles. The molecule has 0 unspecified atom stereocenters. The van der Waals surface area contributed by atoms with Gasteiger partial charge in [0.25, 0.3) is 0 Å². The number of benzene rings is 1. The van der Waals surface area contributed by atoms with E-state index >= 15 is 0 Å². The van der Waals surface area contributed by atoms with Crippen molar-refractivity contribution >= 4 is 12.0 Å². The fraction of sp³-hybridized carbons (Fsp3) is 0.805. The van der Waals surface area contributed by atoms with Gasteiger partial charge in [-0.3, -0.25) is 4.79 Å². The summed E-state index contributed by atoms with van der Waals surface area (Å²) in [6.45, 7) is 14.3. The summed E-state index contributed by atoms with van der Waals surface area (Å²) in [7, 11) is 5.45. The van der Waals surface area contributed by atoms with Gasteiger partial charge in [-0.2, -0.15) is 0 Å². The number of hydrogen-bond acceptors (Lipinski definition) is 11. The highest BCUT2D eigenvalue weighted by Crippen LogP contribution is 2.38. The molecule has 4 N–H and O–H groups in total. The predicted octanol–water partition coefficient (Wildman–Crippen LogP) is 4.04. The van der Waals surface area contributed by atoms with Crippen molar-refractivity contribution in [1.29, 1.82) is 0 Å². The molecule has 0 aromatic heterocycles. The predicted molar refractivity (Wildman–Crippen MR) is 205 cm³/mol. The highest BCUT2D eigenvalue weighted by atomic mass is 16.7. The van der Waals surface area contributed by atoms with E-state index in [0.29, 0.717) is 18.7 Å². The van der Waals surface area contributed by atoms with Crippen LogP contribution >= 0.6 is 0 Å². The van der Waals surface area contributed by atoms with Gasteiger partial charge in [0.15, 0.2) is 12.4 Å². The normalized spacial score (nSPS) is 40.8. The molecule has 3 fully saturated rings. The lowest BCUT2D eigenvalue weighted by Gasteiger charge is -2.49. The van der Waals surface area contributed by atoms with Crippen molar-refractivity contribution in [3.8, 4) is 5.75 Å². The Bertz CT molecular complexity index is 1360. The third-order valence-electron chi connectivity index (χ3n) is 12.5. The molecule has 2 amide bonds. The third kappa shape index (κ3) is 9.88. The lowest BCUT2D eigenvalue weighted by Crippen LogP contribution is -2.63. The Morgan fingerprint density at radius 1 is 1.02 bits per heavy atom. The lowest BCUT2D eigenvalue weighted by atomic mass is 9.78. The fourth-order valence-corrected chi connectivity index (χ4v) is 8.70. The first-order chi connectivity index (χ1) is 25.2. The monoisotopic (exact) mass is 763 g/mol. The van der Waals surface area contributed by atoms with Gasteiger partial charge in [-0.15, -0.1) is 0 Å². The number of likely N-dealkylation sites (N-methyl/N-ethyl adjacent to an activating group) is 2. The number of para-hydroxylation sites is 1. The summed E-state index contributed by atoms with van der Waals surface area (Å²) < 4.78 is 25.9. The molecule has 0 bridgehead atoms. The Morgan fingerprint density at radius 3 is 2.22 bits per heavy atom. The van der Waals surface area contributed by atoms with Crippen LogP contribution in [0.4, 0.5) is 4.79 Å². The fourth-order valence-electron chi connectivity index (χ4n) is 8.70. The van der Waals surface area contributed by atoms with Crippen LogP contribution in [-0.2, 0) is 19.0 Å². The van der Waals surface area contributed by atoms with Gasteiger partial charge in [0.05, 0.1) is 35.9 Å². The summed E-state index contributed by atoms with van der Waals surface area (Å²) >= 11 is 0. The zero-order valence-electron chi connectivity index (χ0n) is 34.4. The van der Waals surface area contributed by atoms with Crippen LogP contribution in [0.1, 0.15) is 93.9 Å². The van der Waals surface area contributed by atoms with Crippen molar-refractivity contribution < 1.29 is 49.0 Å². The molecule has 54 heavy (non-hydrogen) atoms. The number of aliphatic hydroxyl groups excluding tert-OH is 2. The first-order valence-electron chi connectivity index (χ1n) is 19.9. The highest BCUT2D eigenvalue weighted by molar-refractivity contribution is 5.75. The molecule has 3 aliphatic rings. The van der Waals surface area contributed by atoms with Gasteiger partial charge in [0.2, 0.25) is 0 Å². The maximum atomic E-state index is 13.9. The van der Waals surface area contributed by atoms with Crippen LogP contribution in [-0.4, -0.2) is 147 Å². The minimum atomic E-state index is -1.78. The van der Waals surface area contributed by atoms with Gasteiger partial charge >= 0.3 is 12.0 Å². The molecule has 2 saturated heterocycles. The number of amides is 2. The number of rotatable bonds is 7. The van der Waals surface area contributed by atoms with Crippen molar-refractivity contribution in [2.24, 2.45) is 17.8 Å². The SMILES string of the molecule is CC[C@H]1OC(=O)[C@H](C)[C@@H](O)[C@H](C)[C@@H](O[C@@H]2O[C@H](C)C[C@H](N(C)C(=O)N(C)C3CCC3)[C@H]2Oc2ccccc2)[C@](C)(O)C[C@@H](C)CN(C)[C@H](C)[C@@H](O)[C@]1(C)O. The molecular weight excluding hydrogens is 694 g/mol. The molecule has 14 atom stereocenters. The lowest BCUT2D eigenvalue weighted by molar-refractivity contribution is -0.294. The van der Waals surface area contributed by atoms with E-state index in [1.807, 2.05) is 63.2 Å². The molecule has 1 aromatic rings. The molecule has 2 aliphatic heterocycles. The second kappa shape index (κ2) is 18.2. The summed E-state index contributed by atoms with van der Waals surface area (Å²) in [6, 6.07) is 8.29. The molecule has 13 nitrogen and oxygen atoms in total. The van der Waals surface area contributed by atoms with Crippen LogP contribution in [0.3, 0.4) is 0 Å². The zero-order chi connectivity index (χ0) is 40.3. The van der Waals surface area contributed by atoms with E-state index in [1.54, 1.807) is 51.5 Å². The molecule has 1 saturated carbocycles. The first-order valence-corrected chi connectivity index (χ1v) is 19.9. The molecule has 4 rings (SSSR count). The number of urea groups is 1. The number of carbonyl (C=O) groups is 2. The van der Waals surface area contributed by atoms with E-state index < -0.39 is 77.9 Å². The Labute approximate surface area is 322 Å². The van der Waals surface area contributed by atoms with Gasteiger partial charge < -0.3 is 54.1 Å². The average molecular weight is 764 g/mol. The van der Waals surface area contributed by atoms with Crippen LogP contribution in [0.25, 0.3) is 0 Å². The number of ether oxygens (including phenoxy) is 4. The van der Waals surface area contributed by atoms with Crippen LogP contribution in [0, 0.1) is 17.8 Å². The van der Waals surface area contributed by atoms with E-state index in [0.717, 1.165) is 19.3 Å². The molecule has 1 aliphatic carbocycles. The van der Waals surface area contributed by atoms with Gasteiger partial charge in [-0.25, -0.2) is 4.79 Å². The maximum Gasteiger partial charge on any atom is 0.320 e. The van der Waals surface area contributed by atoms with Crippen molar-refractivity contribution in [2.75, 3.05) is 27.7 Å². The number of nitrogens with zero attached hydrogens (tertiary/aromatic N) is 3. The quantitative estimate of drug-likeness (QED) is 0.297. The molecule has 308 valence electrons. The summed E-state index contributed by atoms with van der Waals surface area (Å²) in [5.74, 6) is -2.28. The van der Waals surface area contributed by atoms with Crippen molar-refractivity contribution in [3.05, 3.63) is 30.3 Å².